The Hall–Kier alpha value is -3.61. The number of aromatic carboxylic acids is 1. The average molecular weight is 380 g/mol. The third kappa shape index (κ3) is 3.00. The van der Waals surface area contributed by atoms with Crippen molar-refractivity contribution in [3.05, 3.63) is 77.4 Å². The first-order valence-electron chi connectivity index (χ1n) is 8.66. The summed E-state index contributed by atoms with van der Waals surface area (Å²) in [6.45, 7) is 0. The molecule has 0 saturated heterocycles. The van der Waals surface area contributed by atoms with E-state index < -0.39 is 11.9 Å². The molecule has 2 heterocycles. The number of hydrogen-bond donors (Lipinski definition) is 2. The van der Waals surface area contributed by atoms with Gasteiger partial charge in [0.2, 0.25) is 5.91 Å². The van der Waals surface area contributed by atoms with Crippen molar-refractivity contribution >= 4 is 17.6 Å². The van der Waals surface area contributed by atoms with Crippen molar-refractivity contribution < 1.29 is 23.8 Å². The molecule has 4 rings (SSSR count). The third-order valence-electron chi connectivity index (χ3n) is 4.86. The molecule has 7 heteroatoms. The number of benzene rings is 2. The van der Waals surface area contributed by atoms with Crippen molar-refractivity contribution in [1.82, 2.24) is 4.57 Å². The van der Waals surface area contributed by atoms with Gasteiger partial charge in [-0.3, -0.25) is 4.79 Å². The first kappa shape index (κ1) is 17.8. The van der Waals surface area contributed by atoms with Gasteiger partial charge in [0.1, 0.15) is 17.1 Å². The van der Waals surface area contributed by atoms with Crippen molar-refractivity contribution in [2.24, 2.45) is 0 Å². The maximum atomic E-state index is 13.4. The Morgan fingerprint density at radius 2 is 2.00 bits per heavy atom. The Morgan fingerprint density at radius 3 is 2.68 bits per heavy atom. The molecule has 0 fully saturated rings. The van der Waals surface area contributed by atoms with E-state index in [9.17, 15) is 19.1 Å². The molecule has 2 aromatic carbocycles. The summed E-state index contributed by atoms with van der Waals surface area (Å²) >= 11 is 0. The predicted octanol–water partition coefficient (Wildman–Crippen LogP) is 3.80. The summed E-state index contributed by atoms with van der Waals surface area (Å²) in [4.78, 5) is 24.1. The molecule has 6 nitrogen and oxygen atoms in total. The van der Waals surface area contributed by atoms with Crippen molar-refractivity contribution in [2.75, 3.05) is 12.4 Å². The van der Waals surface area contributed by atoms with Crippen LogP contribution in [-0.2, 0) is 4.79 Å². The van der Waals surface area contributed by atoms with Crippen LogP contribution in [0.2, 0.25) is 0 Å². The van der Waals surface area contributed by atoms with E-state index in [-0.39, 0.29) is 29.4 Å². The molecule has 1 amide bonds. The highest BCUT2D eigenvalue weighted by Crippen LogP contribution is 2.41. The van der Waals surface area contributed by atoms with Crippen LogP contribution in [0.3, 0.4) is 0 Å². The Morgan fingerprint density at radius 1 is 1.25 bits per heavy atom. The van der Waals surface area contributed by atoms with E-state index in [1.54, 1.807) is 42.0 Å². The lowest BCUT2D eigenvalue weighted by Gasteiger charge is -2.26. The van der Waals surface area contributed by atoms with Gasteiger partial charge >= 0.3 is 5.97 Å². The van der Waals surface area contributed by atoms with Gasteiger partial charge in [0.15, 0.2) is 0 Å². The van der Waals surface area contributed by atoms with Gasteiger partial charge in [-0.05, 0) is 29.8 Å². The quantitative estimate of drug-likeness (QED) is 0.722. The lowest BCUT2D eigenvalue weighted by atomic mass is 9.88. The van der Waals surface area contributed by atoms with E-state index in [2.05, 4.69) is 5.32 Å². The molecule has 1 aliphatic rings. The number of carboxylic acid groups (broad SMARTS) is 1. The number of rotatable bonds is 4. The number of hydrogen-bond acceptors (Lipinski definition) is 3. The summed E-state index contributed by atoms with van der Waals surface area (Å²) in [5.74, 6) is -1.59. The van der Waals surface area contributed by atoms with E-state index >= 15 is 0 Å². The van der Waals surface area contributed by atoms with E-state index in [0.717, 1.165) is 5.56 Å². The van der Waals surface area contributed by atoms with Crippen LogP contribution in [0.1, 0.15) is 34.0 Å². The minimum atomic E-state index is -1.14. The van der Waals surface area contributed by atoms with Crippen molar-refractivity contribution in [3.8, 4) is 11.4 Å². The van der Waals surface area contributed by atoms with Crippen LogP contribution in [0.15, 0.2) is 54.7 Å². The molecule has 142 valence electrons. The molecule has 3 aromatic rings. The Labute approximate surface area is 160 Å². The van der Waals surface area contributed by atoms with Gasteiger partial charge < -0.3 is 19.7 Å². The van der Waals surface area contributed by atoms with Gasteiger partial charge in [0.05, 0.1) is 18.5 Å². The largest absolute Gasteiger partial charge is 0.497 e. The van der Waals surface area contributed by atoms with Gasteiger partial charge in [-0.2, -0.15) is 0 Å². The van der Waals surface area contributed by atoms with E-state index in [0.29, 0.717) is 17.1 Å². The van der Waals surface area contributed by atoms with Crippen LogP contribution in [0.5, 0.6) is 5.75 Å². The zero-order chi connectivity index (χ0) is 19.8. The van der Waals surface area contributed by atoms with Gasteiger partial charge in [-0.1, -0.05) is 18.2 Å². The third-order valence-corrected chi connectivity index (χ3v) is 4.86. The highest BCUT2D eigenvalue weighted by Gasteiger charge is 2.34. The number of anilines is 1. The number of carbonyl (C=O) groups is 2. The second-order valence-electron chi connectivity index (χ2n) is 6.54. The minimum Gasteiger partial charge on any atom is -0.497 e. The second-order valence-corrected chi connectivity index (χ2v) is 6.54. The predicted molar refractivity (Wildman–Crippen MR) is 101 cm³/mol. The summed E-state index contributed by atoms with van der Waals surface area (Å²) in [6, 6.07) is 13.1. The number of aromatic nitrogens is 1. The summed E-state index contributed by atoms with van der Waals surface area (Å²) in [6.07, 6.45) is 1.62. The molecule has 1 aromatic heterocycles. The summed E-state index contributed by atoms with van der Waals surface area (Å²) in [5.41, 5.74) is 2.33. The molecule has 0 bridgehead atoms. The number of carboxylic acids is 1. The maximum absolute atomic E-state index is 13.4. The van der Waals surface area contributed by atoms with Gasteiger partial charge in [0.25, 0.3) is 0 Å². The standard InChI is InChI=1S/C21H17FN2O4/c1-28-15-4-2-3-14(9-15)24-11-17(21(26)27)19-20(24)16(10-18(25)23-19)12-5-7-13(22)8-6-12/h2-9,11,16H,10H2,1H3,(H,23,25)(H,26,27)/t16-/m0/s1. The number of fused-ring (bicyclic) bond motifs is 1. The summed E-state index contributed by atoms with van der Waals surface area (Å²) in [7, 11) is 1.55. The number of carbonyl (C=O) groups excluding carboxylic acids is 1. The lowest BCUT2D eigenvalue weighted by Crippen LogP contribution is -2.25. The first-order valence-corrected chi connectivity index (χ1v) is 8.66. The fourth-order valence-corrected chi connectivity index (χ4v) is 3.57. The van der Waals surface area contributed by atoms with Gasteiger partial charge in [0, 0.05) is 30.3 Å². The lowest BCUT2D eigenvalue weighted by molar-refractivity contribution is -0.116. The van der Waals surface area contributed by atoms with Crippen LogP contribution >= 0.6 is 0 Å². The fraction of sp³-hybridized carbons (Fsp3) is 0.143. The average Bonchev–Trinajstić information content (AvgIpc) is 3.07. The normalized spacial score (nSPS) is 15.6. The summed E-state index contributed by atoms with van der Waals surface area (Å²) in [5, 5.41) is 12.3. The first-order chi connectivity index (χ1) is 13.5. The van der Waals surface area contributed by atoms with E-state index in [4.69, 9.17) is 4.74 Å². The van der Waals surface area contributed by atoms with Crippen molar-refractivity contribution in [1.29, 1.82) is 0 Å². The summed E-state index contributed by atoms with van der Waals surface area (Å²) < 4.78 is 20.4. The van der Waals surface area contributed by atoms with E-state index in [1.807, 2.05) is 6.07 Å². The van der Waals surface area contributed by atoms with Gasteiger partial charge in [-0.15, -0.1) is 0 Å². The molecule has 0 aliphatic carbocycles. The van der Waals surface area contributed by atoms with Gasteiger partial charge in [-0.25, -0.2) is 9.18 Å². The molecule has 0 unspecified atom stereocenters. The van der Waals surface area contributed by atoms with Crippen LogP contribution in [0.25, 0.3) is 5.69 Å². The highest BCUT2D eigenvalue weighted by atomic mass is 19.1. The number of nitrogens with zero attached hydrogens (tertiary/aromatic N) is 1. The number of amides is 1. The van der Waals surface area contributed by atoms with E-state index in [1.165, 1.54) is 18.3 Å². The number of nitrogens with one attached hydrogen (secondary N) is 1. The van der Waals surface area contributed by atoms with Crippen LogP contribution in [-0.4, -0.2) is 28.7 Å². The highest BCUT2D eigenvalue weighted by molar-refractivity contribution is 6.04. The molecule has 0 radical (unpaired) electrons. The van der Waals surface area contributed by atoms with Crippen LogP contribution < -0.4 is 10.1 Å². The van der Waals surface area contributed by atoms with Crippen molar-refractivity contribution in [2.45, 2.75) is 12.3 Å². The monoisotopic (exact) mass is 380 g/mol. The fourth-order valence-electron chi connectivity index (χ4n) is 3.57. The van der Waals surface area contributed by atoms with Crippen LogP contribution in [0, 0.1) is 5.82 Å². The molecule has 1 aliphatic heterocycles. The molecular weight excluding hydrogens is 363 g/mol. The zero-order valence-corrected chi connectivity index (χ0v) is 15.0. The number of ether oxygens (including phenoxy) is 1. The SMILES string of the molecule is COc1cccc(-n2cc(C(=O)O)c3c2[C@H](c2ccc(F)cc2)CC(=O)N3)c1. The maximum Gasteiger partial charge on any atom is 0.339 e. The minimum absolute atomic E-state index is 0.00187. The molecule has 0 saturated carbocycles. The Kier molecular flexibility index (Phi) is 4.35. The Balaban J connectivity index is 1.96. The molecular formula is C21H17FN2O4. The molecule has 2 N–H and O–H groups in total. The number of halogens is 1. The number of methoxy groups -OCH3 is 1. The zero-order valence-electron chi connectivity index (χ0n) is 15.0. The molecule has 1 atom stereocenters. The van der Waals surface area contributed by atoms with Crippen LogP contribution in [0.4, 0.5) is 10.1 Å². The molecule has 0 spiro atoms. The second kappa shape index (κ2) is 6.84. The van der Waals surface area contributed by atoms with Crippen molar-refractivity contribution in [3.63, 3.8) is 0 Å². The Bertz CT molecular complexity index is 1070. The smallest absolute Gasteiger partial charge is 0.339 e. The topological polar surface area (TPSA) is 80.6 Å². The molecule has 28 heavy (non-hydrogen) atoms.